The molecule has 0 aliphatic carbocycles. The van der Waals surface area contributed by atoms with Gasteiger partial charge in [-0.25, -0.2) is 4.79 Å². The molecule has 1 rings (SSSR count). The van der Waals surface area contributed by atoms with Crippen molar-refractivity contribution in [2.45, 2.75) is 12.5 Å². The molecular weight excluding hydrogens is 200 g/mol. The zero-order chi connectivity index (χ0) is 11.4. The lowest BCUT2D eigenvalue weighted by Gasteiger charge is -2.04. The number of aliphatic hydroxyl groups excluding tert-OH is 1. The van der Waals surface area contributed by atoms with Crippen molar-refractivity contribution in [1.29, 1.82) is 0 Å². The number of carboxylic acids is 1. The van der Waals surface area contributed by atoms with Gasteiger partial charge in [0.15, 0.2) is 11.9 Å². The summed E-state index contributed by atoms with van der Waals surface area (Å²) in [5, 5.41) is 26.3. The number of aliphatic hydroxyl groups is 1. The zero-order valence-corrected chi connectivity index (χ0v) is 7.75. The Morgan fingerprint density at radius 2 is 1.73 bits per heavy atom. The predicted octanol–water partition coefficient (Wildman–Crippen LogP) is 0.411. The van der Waals surface area contributed by atoms with Crippen molar-refractivity contribution in [3.8, 4) is 5.75 Å². The Kier molecular flexibility index (Phi) is 3.41. The Labute approximate surface area is 85.6 Å². The second-order valence-electron chi connectivity index (χ2n) is 3.03. The first-order valence-electron chi connectivity index (χ1n) is 4.24. The van der Waals surface area contributed by atoms with E-state index in [-0.39, 0.29) is 11.3 Å². The van der Waals surface area contributed by atoms with Crippen LogP contribution < -0.4 is 0 Å². The molecule has 5 nitrogen and oxygen atoms in total. The highest BCUT2D eigenvalue weighted by molar-refractivity contribution is 5.98. The molecule has 0 amide bonds. The molecule has 0 fully saturated rings. The number of phenols is 1. The minimum absolute atomic E-state index is 0.0188. The van der Waals surface area contributed by atoms with Crippen molar-refractivity contribution >= 4 is 11.8 Å². The van der Waals surface area contributed by atoms with E-state index in [0.717, 1.165) is 0 Å². The summed E-state index contributed by atoms with van der Waals surface area (Å²) in [7, 11) is 0. The maximum Gasteiger partial charge on any atom is 0.332 e. The molecule has 0 aromatic heterocycles. The van der Waals surface area contributed by atoms with Crippen molar-refractivity contribution in [2.24, 2.45) is 0 Å². The van der Waals surface area contributed by atoms with Crippen LogP contribution in [0.2, 0.25) is 0 Å². The highest BCUT2D eigenvalue weighted by Gasteiger charge is 2.18. The average Bonchev–Trinajstić information content (AvgIpc) is 2.18. The largest absolute Gasteiger partial charge is 0.508 e. The first-order valence-corrected chi connectivity index (χ1v) is 4.24. The SMILES string of the molecule is O=C(CC(O)C(=O)O)c1ccc(O)cc1. The van der Waals surface area contributed by atoms with E-state index in [0.29, 0.717) is 0 Å². The van der Waals surface area contributed by atoms with Gasteiger partial charge in [-0.1, -0.05) is 0 Å². The standard InChI is InChI=1S/C10H10O5/c11-7-3-1-6(2-4-7)8(12)5-9(13)10(14)15/h1-4,9,11,13H,5H2,(H,14,15). The summed E-state index contributed by atoms with van der Waals surface area (Å²) in [6.45, 7) is 0. The number of hydrogen-bond donors (Lipinski definition) is 3. The fraction of sp³-hybridized carbons (Fsp3) is 0.200. The van der Waals surface area contributed by atoms with Gasteiger partial charge >= 0.3 is 5.97 Å². The number of carbonyl (C=O) groups is 2. The van der Waals surface area contributed by atoms with Crippen LogP contribution in [0.5, 0.6) is 5.75 Å². The normalized spacial score (nSPS) is 12.1. The van der Waals surface area contributed by atoms with Crippen molar-refractivity contribution in [3.63, 3.8) is 0 Å². The number of carboxylic acid groups (broad SMARTS) is 1. The molecule has 0 bridgehead atoms. The number of benzene rings is 1. The average molecular weight is 210 g/mol. The number of rotatable bonds is 4. The minimum atomic E-state index is -1.69. The third-order valence-electron chi connectivity index (χ3n) is 1.85. The maximum absolute atomic E-state index is 11.4. The minimum Gasteiger partial charge on any atom is -0.508 e. The van der Waals surface area contributed by atoms with Gasteiger partial charge in [0.2, 0.25) is 0 Å². The van der Waals surface area contributed by atoms with Crippen molar-refractivity contribution in [1.82, 2.24) is 0 Å². The lowest BCUT2D eigenvalue weighted by atomic mass is 10.1. The van der Waals surface area contributed by atoms with Gasteiger partial charge in [-0.3, -0.25) is 4.79 Å². The van der Waals surface area contributed by atoms with Gasteiger partial charge in [0, 0.05) is 12.0 Å². The summed E-state index contributed by atoms with van der Waals surface area (Å²) < 4.78 is 0. The molecule has 5 heteroatoms. The molecule has 0 radical (unpaired) electrons. The molecule has 3 N–H and O–H groups in total. The van der Waals surface area contributed by atoms with Crippen LogP contribution in [0, 0.1) is 0 Å². The van der Waals surface area contributed by atoms with Crippen molar-refractivity contribution in [3.05, 3.63) is 29.8 Å². The summed E-state index contributed by atoms with van der Waals surface area (Å²) >= 11 is 0. The number of hydrogen-bond acceptors (Lipinski definition) is 4. The van der Waals surface area contributed by atoms with E-state index < -0.39 is 24.3 Å². The van der Waals surface area contributed by atoms with Gasteiger partial charge in [0.05, 0.1) is 0 Å². The van der Waals surface area contributed by atoms with Crippen LogP contribution in [0.15, 0.2) is 24.3 Å². The third-order valence-corrected chi connectivity index (χ3v) is 1.85. The Balaban J connectivity index is 2.69. The fourth-order valence-electron chi connectivity index (χ4n) is 1.03. The molecule has 0 saturated carbocycles. The molecule has 0 spiro atoms. The van der Waals surface area contributed by atoms with E-state index in [4.69, 9.17) is 15.3 Å². The highest BCUT2D eigenvalue weighted by Crippen LogP contribution is 2.12. The molecule has 80 valence electrons. The topological polar surface area (TPSA) is 94.8 Å². The Bertz CT molecular complexity index is 368. The number of Topliss-reactive ketones (excluding diaryl/α,β-unsaturated/α-hetero) is 1. The van der Waals surface area contributed by atoms with Gasteiger partial charge in [0.1, 0.15) is 5.75 Å². The van der Waals surface area contributed by atoms with Crippen LogP contribution in [0.25, 0.3) is 0 Å². The second kappa shape index (κ2) is 4.56. The monoisotopic (exact) mass is 210 g/mol. The molecule has 15 heavy (non-hydrogen) atoms. The number of ketones is 1. The molecular formula is C10H10O5. The molecule has 1 unspecified atom stereocenters. The number of carbonyl (C=O) groups excluding carboxylic acids is 1. The van der Waals surface area contributed by atoms with E-state index in [1.54, 1.807) is 0 Å². The molecule has 0 aliphatic rings. The van der Waals surface area contributed by atoms with Crippen molar-refractivity contribution < 1.29 is 24.9 Å². The van der Waals surface area contributed by atoms with Gasteiger partial charge in [-0.05, 0) is 24.3 Å². The molecule has 1 aromatic carbocycles. The lowest BCUT2D eigenvalue weighted by molar-refractivity contribution is -0.146. The van der Waals surface area contributed by atoms with E-state index in [1.807, 2.05) is 0 Å². The maximum atomic E-state index is 11.4. The highest BCUT2D eigenvalue weighted by atomic mass is 16.4. The van der Waals surface area contributed by atoms with E-state index in [1.165, 1.54) is 24.3 Å². The Hall–Kier alpha value is -1.88. The second-order valence-corrected chi connectivity index (χ2v) is 3.03. The first-order chi connectivity index (χ1) is 7.00. The van der Waals surface area contributed by atoms with Crippen LogP contribution in [0.4, 0.5) is 0 Å². The summed E-state index contributed by atoms with van der Waals surface area (Å²) in [6.07, 6.45) is -2.16. The van der Waals surface area contributed by atoms with Crippen LogP contribution in [0.3, 0.4) is 0 Å². The van der Waals surface area contributed by atoms with Gasteiger partial charge < -0.3 is 15.3 Å². The van der Waals surface area contributed by atoms with Crippen LogP contribution in [0.1, 0.15) is 16.8 Å². The van der Waals surface area contributed by atoms with Crippen LogP contribution in [-0.4, -0.2) is 33.2 Å². The van der Waals surface area contributed by atoms with Gasteiger partial charge in [-0.2, -0.15) is 0 Å². The van der Waals surface area contributed by atoms with Gasteiger partial charge in [-0.15, -0.1) is 0 Å². The smallest absolute Gasteiger partial charge is 0.332 e. The summed E-state index contributed by atoms with van der Waals surface area (Å²) in [4.78, 5) is 21.6. The molecule has 0 heterocycles. The molecule has 1 aromatic rings. The van der Waals surface area contributed by atoms with E-state index in [2.05, 4.69) is 0 Å². The molecule has 1 atom stereocenters. The van der Waals surface area contributed by atoms with Crippen LogP contribution in [-0.2, 0) is 4.79 Å². The van der Waals surface area contributed by atoms with E-state index in [9.17, 15) is 9.59 Å². The third kappa shape index (κ3) is 3.07. The summed E-state index contributed by atoms with van der Waals surface area (Å²) in [5.74, 6) is -1.89. The quantitative estimate of drug-likeness (QED) is 0.625. The first kappa shape index (κ1) is 11.2. The number of aliphatic carboxylic acids is 1. The van der Waals surface area contributed by atoms with E-state index >= 15 is 0 Å². The summed E-state index contributed by atoms with van der Waals surface area (Å²) in [5.41, 5.74) is 0.258. The molecule has 0 aliphatic heterocycles. The van der Waals surface area contributed by atoms with Crippen LogP contribution >= 0.6 is 0 Å². The van der Waals surface area contributed by atoms with Gasteiger partial charge in [0.25, 0.3) is 0 Å². The Morgan fingerprint density at radius 1 is 1.20 bits per heavy atom. The molecule has 0 saturated heterocycles. The lowest BCUT2D eigenvalue weighted by Crippen LogP contribution is -2.23. The zero-order valence-electron chi connectivity index (χ0n) is 7.75. The summed E-state index contributed by atoms with van der Waals surface area (Å²) in [6, 6.07) is 5.37. The fourth-order valence-corrected chi connectivity index (χ4v) is 1.03. The van der Waals surface area contributed by atoms with Crippen molar-refractivity contribution in [2.75, 3.05) is 0 Å². The Morgan fingerprint density at radius 3 is 2.20 bits per heavy atom. The number of phenolic OH excluding ortho intramolecular Hbond substituents is 1. The number of aromatic hydroxyl groups is 1. The predicted molar refractivity (Wildman–Crippen MR) is 50.7 cm³/mol.